The molecular formula is C10H20O4S. The molecule has 1 rings (SSSR count). The number of carbonyl (C=O) groups is 1. The van der Waals surface area contributed by atoms with Crippen LogP contribution in [0.15, 0.2) is 0 Å². The Morgan fingerprint density at radius 2 is 2.13 bits per heavy atom. The van der Waals surface area contributed by atoms with Crippen LogP contribution in [0.5, 0.6) is 0 Å². The number of hydrogen-bond acceptors (Lipinski definition) is 4. The maximum atomic E-state index is 9.34. The molecule has 0 saturated carbocycles. The zero-order valence-electron chi connectivity index (χ0n) is 9.56. The Hall–Kier alpha value is -0.390. The largest absolute Gasteiger partial charge is 0.547 e. The van der Waals surface area contributed by atoms with Gasteiger partial charge in [-0.3, -0.25) is 0 Å². The first kappa shape index (κ1) is 14.6. The van der Waals surface area contributed by atoms with Crippen molar-refractivity contribution in [2.75, 3.05) is 19.1 Å². The summed E-state index contributed by atoms with van der Waals surface area (Å²) in [5.74, 6) is 2.68. The number of aliphatic hydroxyl groups is 1. The molecule has 0 aromatic rings. The van der Waals surface area contributed by atoms with Crippen LogP contribution in [0, 0.1) is 0 Å². The third kappa shape index (κ3) is 6.65. The van der Waals surface area contributed by atoms with Crippen molar-refractivity contribution in [3.63, 3.8) is 0 Å². The second kappa shape index (κ2) is 6.25. The van der Waals surface area contributed by atoms with Crippen molar-refractivity contribution in [2.24, 2.45) is 0 Å². The molecule has 2 atom stereocenters. The van der Waals surface area contributed by atoms with E-state index in [1.165, 1.54) is 12.8 Å². The SMILES string of the molecule is C=[S+](C)(C)C1CCCO1.CC(O)C(=O)[O-]. The summed E-state index contributed by atoms with van der Waals surface area (Å²) in [4.78, 5) is 9.34. The van der Waals surface area contributed by atoms with Crippen LogP contribution >= 0.6 is 0 Å². The summed E-state index contributed by atoms with van der Waals surface area (Å²) in [6.07, 6.45) is 5.54. The molecule has 0 aromatic heterocycles. The zero-order chi connectivity index (χ0) is 12.1. The molecule has 0 aliphatic carbocycles. The summed E-state index contributed by atoms with van der Waals surface area (Å²) in [5.41, 5.74) is 0.484. The van der Waals surface area contributed by atoms with E-state index < -0.39 is 21.7 Å². The maximum absolute atomic E-state index is 9.34. The molecule has 1 aliphatic rings. The van der Waals surface area contributed by atoms with Crippen LogP contribution in [0.4, 0.5) is 0 Å². The Bertz CT molecular complexity index is 238. The van der Waals surface area contributed by atoms with Gasteiger partial charge in [0.2, 0.25) is 0 Å². The lowest BCUT2D eigenvalue weighted by Crippen LogP contribution is -2.32. The number of aliphatic hydroxyl groups excluding tert-OH is 1. The van der Waals surface area contributed by atoms with Gasteiger partial charge in [0, 0.05) is 12.3 Å². The Kier molecular flexibility index (Phi) is 6.09. The fraction of sp³-hybridized carbons (Fsp3) is 0.800. The van der Waals surface area contributed by atoms with Crippen LogP contribution in [0.2, 0.25) is 0 Å². The standard InChI is InChI=1S/C7H15OS.C3H6O3/c1-9(2,3)7-5-4-6-8-7;1-2(4)3(5)6/h7H,1,4-6H2,2-3H3;2,4H,1H3,(H,5,6)/q+1;/p-1. The van der Waals surface area contributed by atoms with Crippen molar-refractivity contribution >= 4 is 21.5 Å². The summed E-state index contributed by atoms with van der Waals surface area (Å²) >= 11 is 0. The van der Waals surface area contributed by atoms with Gasteiger partial charge < -0.3 is 19.7 Å². The van der Waals surface area contributed by atoms with Gasteiger partial charge in [-0.2, -0.15) is 0 Å². The molecule has 1 saturated heterocycles. The Balaban J connectivity index is 0.000000288. The van der Waals surface area contributed by atoms with Crippen LogP contribution in [-0.4, -0.2) is 47.6 Å². The average molecular weight is 236 g/mol. The molecule has 1 fully saturated rings. The van der Waals surface area contributed by atoms with Crippen LogP contribution in [0.1, 0.15) is 19.8 Å². The van der Waals surface area contributed by atoms with E-state index in [2.05, 4.69) is 18.4 Å². The molecule has 1 heterocycles. The first-order valence-electron chi connectivity index (χ1n) is 4.81. The van der Waals surface area contributed by atoms with E-state index in [1.807, 2.05) is 0 Å². The van der Waals surface area contributed by atoms with Gasteiger partial charge in [0.25, 0.3) is 0 Å². The predicted octanol–water partition coefficient (Wildman–Crippen LogP) is -0.914. The predicted molar refractivity (Wildman–Crippen MR) is 62.0 cm³/mol. The van der Waals surface area contributed by atoms with Crippen molar-refractivity contribution in [1.29, 1.82) is 0 Å². The zero-order valence-corrected chi connectivity index (χ0v) is 10.4. The van der Waals surface area contributed by atoms with Crippen molar-refractivity contribution in [1.82, 2.24) is 0 Å². The topological polar surface area (TPSA) is 69.6 Å². The molecule has 90 valence electrons. The van der Waals surface area contributed by atoms with Crippen LogP contribution in [0.25, 0.3) is 0 Å². The molecular weight excluding hydrogens is 216 g/mol. The fourth-order valence-electron chi connectivity index (χ4n) is 1.05. The van der Waals surface area contributed by atoms with Gasteiger partial charge in [-0.25, -0.2) is 0 Å². The fourth-order valence-corrected chi connectivity index (χ4v) is 2.32. The van der Waals surface area contributed by atoms with E-state index in [0.717, 1.165) is 13.5 Å². The molecule has 0 aromatic carbocycles. The van der Waals surface area contributed by atoms with E-state index in [-0.39, 0.29) is 0 Å². The number of aliphatic carboxylic acids is 1. The summed E-state index contributed by atoms with van der Waals surface area (Å²) in [5, 5.41) is 17.3. The summed E-state index contributed by atoms with van der Waals surface area (Å²) in [6.45, 7) is 2.09. The molecule has 0 bridgehead atoms. The van der Waals surface area contributed by atoms with E-state index >= 15 is 0 Å². The molecule has 2 unspecified atom stereocenters. The molecule has 0 spiro atoms. The number of hydrogen-bond donors (Lipinski definition) is 1. The van der Waals surface area contributed by atoms with Gasteiger partial charge >= 0.3 is 0 Å². The van der Waals surface area contributed by atoms with Crippen molar-refractivity contribution in [3.8, 4) is 0 Å². The number of ether oxygens (including phenoxy) is 1. The highest BCUT2D eigenvalue weighted by Crippen LogP contribution is 2.19. The summed E-state index contributed by atoms with van der Waals surface area (Å²) in [7, 11) is -0.675. The number of carbonyl (C=O) groups excluding carboxylic acids is 1. The Labute approximate surface area is 92.2 Å². The van der Waals surface area contributed by atoms with Crippen LogP contribution < -0.4 is 5.11 Å². The molecule has 5 heteroatoms. The van der Waals surface area contributed by atoms with Gasteiger partial charge in [-0.05, 0) is 13.3 Å². The maximum Gasteiger partial charge on any atom is 0.184 e. The molecule has 1 aliphatic heterocycles. The van der Waals surface area contributed by atoms with Crippen molar-refractivity contribution in [2.45, 2.75) is 31.3 Å². The summed E-state index contributed by atoms with van der Waals surface area (Å²) < 4.78 is 5.49. The molecule has 15 heavy (non-hydrogen) atoms. The lowest BCUT2D eigenvalue weighted by molar-refractivity contribution is -0.314. The molecule has 0 radical (unpaired) electrons. The second-order valence-electron chi connectivity index (χ2n) is 4.06. The van der Waals surface area contributed by atoms with Gasteiger partial charge in [0.05, 0.1) is 31.2 Å². The Morgan fingerprint density at radius 1 is 1.67 bits per heavy atom. The highest BCUT2D eigenvalue weighted by molar-refractivity contribution is 8.10. The summed E-state index contributed by atoms with van der Waals surface area (Å²) in [6, 6.07) is 0. The van der Waals surface area contributed by atoms with E-state index in [0.29, 0.717) is 5.44 Å². The van der Waals surface area contributed by atoms with Crippen LogP contribution in [-0.2, 0) is 19.1 Å². The minimum Gasteiger partial charge on any atom is -0.547 e. The van der Waals surface area contributed by atoms with Gasteiger partial charge in [-0.15, -0.1) is 9.62 Å². The molecule has 1 N–H and O–H groups in total. The quantitative estimate of drug-likeness (QED) is 0.497. The van der Waals surface area contributed by atoms with Crippen LogP contribution in [0.3, 0.4) is 0 Å². The lowest BCUT2D eigenvalue weighted by Gasteiger charge is -2.14. The second-order valence-corrected chi connectivity index (χ2v) is 7.83. The highest BCUT2D eigenvalue weighted by Gasteiger charge is 2.26. The normalized spacial score (nSPS) is 22.8. The molecule has 0 amide bonds. The lowest BCUT2D eigenvalue weighted by atomic mass is 10.4. The van der Waals surface area contributed by atoms with E-state index in [9.17, 15) is 9.90 Å². The van der Waals surface area contributed by atoms with E-state index in [4.69, 9.17) is 9.84 Å². The van der Waals surface area contributed by atoms with Gasteiger partial charge in [0.1, 0.15) is 0 Å². The monoisotopic (exact) mass is 236 g/mol. The van der Waals surface area contributed by atoms with Gasteiger partial charge in [-0.1, -0.05) is 0 Å². The van der Waals surface area contributed by atoms with Crippen molar-refractivity contribution < 1.29 is 19.7 Å². The van der Waals surface area contributed by atoms with E-state index in [1.54, 1.807) is 0 Å². The number of carboxylic acids is 1. The average Bonchev–Trinajstić information content (AvgIpc) is 2.55. The smallest absolute Gasteiger partial charge is 0.184 e. The minimum absolute atomic E-state index is 0.484. The van der Waals surface area contributed by atoms with Crippen molar-refractivity contribution in [3.05, 3.63) is 0 Å². The Morgan fingerprint density at radius 3 is 2.27 bits per heavy atom. The first-order valence-corrected chi connectivity index (χ1v) is 7.49. The number of rotatable bonds is 2. The third-order valence-corrected chi connectivity index (χ3v) is 3.74. The minimum atomic E-state index is -1.44. The van der Waals surface area contributed by atoms with Gasteiger partial charge in [0.15, 0.2) is 5.44 Å². The molecule has 4 nitrogen and oxygen atoms in total. The first-order chi connectivity index (χ1) is 6.75. The highest BCUT2D eigenvalue weighted by atomic mass is 32.2. The number of carboxylic acid groups (broad SMARTS) is 1. The third-order valence-electron chi connectivity index (χ3n) is 1.94.